The fourth-order valence-electron chi connectivity index (χ4n) is 1.51. The number of hydrogen-bond donors (Lipinski definition) is 2. The van der Waals surface area contributed by atoms with Crippen LogP contribution in [0.5, 0.6) is 0 Å². The Bertz CT molecular complexity index is 540. The normalized spacial score (nSPS) is 11.2. The quantitative estimate of drug-likeness (QED) is 0.803. The monoisotopic (exact) mass is 294 g/mol. The van der Waals surface area contributed by atoms with Gasteiger partial charge in [0.1, 0.15) is 10.9 Å². The second-order valence-electron chi connectivity index (χ2n) is 4.37. The molecule has 108 valence electrons. The van der Waals surface area contributed by atoms with E-state index in [4.69, 9.17) is 5.11 Å². The number of thiophene rings is 1. The smallest absolute Gasteiger partial charge is 0.263 e. The van der Waals surface area contributed by atoms with Crippen molar-refractivity contribution in [2.45, 2.75) is 19.4 Å². The Morgan fingerprint density at radius 3 is 2.80 bits per heavy atom. The second-order valence-corrected chi connectivity index (χ2v) is 5.28. The average Bonchev–Trinajstić information content (AvgIpc) is 2.86. The van der Waals surface area contributed by atoms with Crippen LogP contribution in [0.2, 0.25) is 0 Å². The number of amides is 2. The van der Waals surface area contributed by atoms with E-state index in [-0.39, 0.29) is 18.4 Å². The molecule has 1 aromatic heterocycles. The molecule has 1 aromatic rings. The third-order valence-electron chi connectivity index (χ3n) is 2.49. The van der Waals surface area contributed by atoms with Crippen LogP contribution in [0.1, 0.15) is 28.6 Å². The Morgan fingerprint density at radius 1 is 1.50 bits per heavy atom. The summed E-state index contributed by atoms with van der Waals surface area (Å²) in [6, 6.07) is 1.17. The first-order chi connectivity index (χ1) is 9.47. The molecule has 1 rings (SSSR count). The highest BCUT2D eigenvalue weighted by molar-refractivity contribution is 7.12. The van der Waals surface area contributed by atoms with Crippen LogP contribution < -0.4 is 5.32 Å². The van der Waals surface area contributed by atoms with E-state index in [1.54, 1.807) is 32.5 Å². The van der Waals surface area contributed by atoms with Crippen molar-refractivity contribution in [3.05, 3.63) is 21.9 Å². The average molecular weight is 294 g/mol. The molecule has 2 N–H and O–H groups in total. The van der Waals surface area contributed by atoms with Gasteiger partial charge in [0.2, 0.25) is 5.91 Å². The van der Waals surface area contributed by atoms with Crippen molar-refractivity contribution < 1.29 is 14.7 Å². The Labute approximate surface area is 122 Å². The summed E-state index contributed by atoms with van der Waals surface area (Å²) in [4.78, 5) is 25.7. The van der Waals surface area contributed by atoms with Crippen LogP contribution in [-0.2, 0) is 4.79 Å². The first-order valence-corrected chi connectivity index (χ1v) is 7.04. The van der Waals surface area contributed by atoms with Crippen molar-refractivity contribution in [2.75, 3.05) is 20.7 Å². The van der Waals surface area contributed by atoms with Crippen LogP contribution in [0.3, 0.4) is 0 Å². The molecule has 0 radical (unpaired) electrons. The van der Waals surface area contributed by atoms with Gasteiger partial charge in [0, 0.05) is 26.1 Å². The standard InChI is InChI=1S/C14H18N2O3S/c1-10(14(19)16(2)3)15-13(18)12-11(7-9-20-12)6-4-5-8-17/h7,9-10,17H,5,8H2,1-3H3,(H,15,18). The van der Waals surface area contributed by atoms with E-state index >= 15 is 0 Å². The van der Waals surface area contributed by atoms with Gasteiger partial charge in [-0.3, -0.25) is 9.59 Å². The number of carbonyl (C=O) groups is 2. The SMILES string of the molecule is CC(NC(=O)c1sccc1C#CCCO)C(=O)N(C)C. The van der Waals surface area contributed by atoms with Crippen molar-refractivity contribution in [3.63, 3.8) is 0 Å². The number of nitrogens with zero attached hydrogens (tertiary/aromatic N) is 1. The zero-order valence-electron chi connectivity index (χ0n) is 11.8. The first kappa shape index (κ1) is 16.2. The van der Waals surface area contributed by atoms with E-state index in [9.17, 15) is 9.59 Å². The van der Waals surface area contributed by atoms with Crippen LogP contribution >= 0.6 is 11.3 Å². The zero-order chi connectivity index (χ0) is 15.1. The number of hydrogen-bond acceptors (Lipinski definition) is 4. The highest BCUT2D eigenvalue weighted by atomic mass is 32.1. The fraction of sp³-hybridized carbons (Fsp3) is 0.429. The van der Waals surface area contributed by atoms with Crippen LogP contribution in [-0.4, -0.2) is 48.6 Å². The molecule has 1 heterocycles. The maximum absolute atomic E-state index is 12.1. The summed E-state index contributed by atoms with van der Waals surface area (Å²) >= 11 is 1.28. The molecule has 0 aromatic carbocycles. The number of aliphatic hydroxyl groups is 1. The largest absolute Gasteiger partial charge is 0.395 e. The molecule has 1 unspecified atom stereocenters. The van der Waals surface area contributed by atoms with E-state index in [0.717, 1.165) is 0 Å². The van der Waals surface area contributed by atoms with E-state index < -0.39 is 6.04 Å². The summed E-state index contributed by atoms with van der Waals surface area (Å²) < 4.78 is 0. The minimum atomic E-state index is -0.585. The summed E-state index contributed by atoms with van der Waals surface area (Å²) in [6.45, 7) is 1.64. The van der Waals surface area contributed by atoms with E-state index in [2.05, 4.69) is 17.2 Å². The molecular formula is C14H18N2O3S. The lowest BCUT2D eigenvalue weighted by Crippen LogP contribution is -2.44. The van der Waals surface area contributed by atoms with E-state index in [1.807, 2.05) is 0 Å². The van der Waals surface area contributed by atoms with E-state index in [0.29, 0.717) is 16.9 Å². The van der Waals surface area contributed by atoms with Gasteiger partial charge in [-0.25, -0.2) is 0 Å². The topological polar surface area (TPSA) is 69.6 Å². The first-order valence-electron chi connectivity index (χ1n) is 6.16. The minimum Gasteiger partial charge on any atom is -0.395 e. The van der Waals surface area contributed by atoms with Gasteiger partial charge in [0.15, 0.2) is 0 Å². The molecule has 0 saturated carbocycles. The summed E-state index contributed by atoms with van der Waals surface area (Å²) in [7, 11) is 3.28. The zero-order valence-corrected chi connectivity index (χ0v) is 12.6. The highest BCUT2D eigenvalue weighted by Gasteiger charge is 2.20. The summed E-state index contributed by atoms with van der Waals surface area (Å²) in [6.07, 6.45) is 0.367. The second kappa shape index (κ2) is 7.68. The highest BCUT2D eigenvalue weighted by Crippen LogP contribution is 2.16. The van der Waals surface area contributed by atoms with Crippen molar-refractivity contribution in [3.8, 4) is 11.8 Å². The Balaban J connectivity index is 2.77. The van der Waals surface area contributed by atoms with Crippen LogP contribution in [0, 0.1) is 11.8 Å². The molecule has 1 atom stereocenters. The van der Waals surface area contributed by atoms with Gasteiger partial charge >= 0.3 is 0 Å². The molecule has 0 aliphatic rings. The van der Waals surface area contributed by atoms with Gasteiger partial charge in [-0.2, -0.15) is 0 Å². The minimum absolute atomic E-state index is 0.00691. The molecule has 6 heteroatoms. The maximum Gasteiger partial charge on any atom is 0.263 e. The molecule has 2 amide bonds. The summed E-state index contributed by atoms with van der Waals surface area (Å²) in [5, 5.41) is 13.1. The molecule has 0 fully saturated rings. The van der Waals surface area contributed by atoms with Gasteiger partial charge in [0.25, 0.3) is 5.91 Å². The number of rotatable bonds is 4. The summed E-state index contributed by atoms with van der Waals surface area (Å²) in [5.41, 5.74) is 0.616. The molecule has 5 nitrogen and oxygen atoms in total. The lowest BCUT2D eigenvalue weighted by Gasteiger charge is -2.17. The molecular weight excluding hydrogens is 276 g/mol. The van der Waals surface area contributed by atoms with Gasteiger partial charge in [0.05, 0.1) is 6.61 Å². The third-order valence-corrected chi connectivity index (χ3v) is 3.40. The number of aliphatic hydroxyl groups excluding tert-OH is 1. The molecule has 0 aliphatic carbocycles. The number of likely N-dealkylation sites (N-methyl/N-ethyl adjacent to an activating group) is 1. The predicted octanol–water partition coefficient (Wildman–Crippen LogP) is 0.688. The fourth-order valence-corrected chi connectivity index (χ4v) is 2.26. The Hall–Kier alpha value is -1.84. The van der Waals surface area contributed by atoms with Gasteiger partial charge < -0.3 is 15.3 Å². The van der Waals surface area contributed by atoms with Crippen molar-refractivity contribution in [1.29, 1.82) is 0 Å². The van der Waals surface area contributed by atoms with Crippen molar-refractivity contribution >= 4 is 23.2 Å². The summed E-state index contributed by atoms with van der Waals surface area (Å²) in [5.74, 6) is 5.15. The van der Waals surface area contributed by atoms with Crippen LogP contribution in [0.4, 0.5) is 0 Å². The van der Waals surface area contributed by atoms with Gasteiger partial charge in [-0.15, -0.1) is 11.3 Å². The molecule has 0 aliphatic heterocycles. The van der Waals surface area contributed by atoms with Gasteiger partial charge in [-0.1, -0.05) is 11.8 Å². The maximum atomic E-state index is 12.1. The number of carbonyl (C=O) groups excluding carboxylic acids is 2. The van der Waals surface area contributed by atoms with Gasteiger partial charge in [-0.05, 0) is 18.4 Å². The lowest BCUT2D eigenvalue weighted by molar-refractivity contribution is -0.130. The lowest BCUT2D eigenvalue weighted by atomic mass is 10.2. The predicted molar refractivity (Wildman–Crippen MR) is 78.5 cm³/mol. The Kier molecular flexibility index (Phi) is 6.22. The van der Waals surface area contributed by atoms with Crippen LogP contribution in [0.25, 0.3) is 0 Å². The molecule has 0 saturated heterocycles. The van der Waals surface area contributed by atoms with E-state index in [1.165, 1.54) is 16.2 Å². The van der Waals surface area contributed by atoms with Crippen molar-refractivity contribution in [2.24, 2.45) is 0 Å². The van der Waals surface area contributed by atoms with Crippen molar-refractivity contribution in [1.82, 2.24) is 10.2 Å². The number of nitrogens with one attached hydrogen (secondary N) is 1. The molecule has 0 spiro atoms. The Morgan fingerprint density at radius 2 is 2.20 bits per heavy atom. The molecule has 0 bridgehead atoms. The third kappa shape index (κ3) is 4.37. The molecule has 20 heavy (non-hydrogen) atoms. The van der Waals surface area contributed by atoms with Crippen LogP contribution in [0.15, 0.2) is 11.4 Å².